The Labute approximate surface area is 168 Å². The number of unbranched alkanes of at least 4 members (excludes halogenated alkanes) is 1. The summed E-state index contributed by atoms with van der Waals surface area (Å²) in [6.45, 7) is 2.25. The van der Waals surface area contributed by atoms with Gasteiger partial charge in [-0.2, -0.15) is 0 Å². The lowest BCUT2D eigenvalue weighted by Gasteiger charge is -2.27. The molecule has 0 saturated carbocycles. The largest absolute Gasteiger partial charge is 0.475 e. The molecular weight excluding hydrogens is 376 g/mol. The number of rotatable bonds is 8. The summed E-state index contributed by atoms with van der Waals surface area (Å²) in [5.74, 6) is -1.86. The van der Waals surface area contributed by atoms with E-state index < -0.39 is 18.2 Å². The van der Waals surface area contributed by atoms with Crippen LogP contribution in [0.2, 0.25) is 0 Å². The van der Waals surface area contributed by atoms with Crippen LogP contribution in [0.25, 0.3) is 5.69 Å². The number of carboxylic acid groups (broad SMARTS) is 1. The minimum absolute atomic E-state index is 0.0695. The Balaban J connectivity index is 1.95. The van der Waals surface area contributed by atoms with E-state index in [0.29, 0.717) is 31.4 Å². The van der Waals surface area contributed by atoms with E-state index in [-0.39, 0.29) is 17.9 Å². The average Bonchev–Trinajstić information content (AvgIpc) is 2.94. The number of aliphatic carboxylic acids is 1. The molecule has 2 atom stereocenters. The predicted molar refractivity (Wildman–Crippen MR) is 106 cm³/mol. The van der Waals surface area contributed by atoms with Crippen molar-refractivity contribution < 1.29 is 24.5 Å². The fraction of sp³-hybridized carbons (Fsp3) is 0.429. The molecule has 1 aromatic heterocycles. The molecule has 3 rings (SSSR count). The minimum Gasteiger partial charge on any atom is -0.475 e. The van der Waals surface area contributed by atoms with Gasteiger partial charge in [-0.3, -0.25) is 9.48 Å². The van der Waals surface area contributed by atoms with Gasteiger partial charge in [0, 0.05) is 37.3 Å². The molecule has 2 heterocycles. The van der Waals surface area contributed by atoms with Gasteiger partial charge in [0.25, 0.3) is 5.56 Å². The van der Waals surface area contributed by atoms with Crippen LogP contribution < -0.4 is 5.56 Å². The van der Waals surface area contributed by atoms with E-state index in [2.05, 4.69) is 0 Å². The Morgan fingerprint density at radius 1 is 1.28 bits per heavy atom. The molecule has 8 heteroatoms. The number of para-hydroxylation sites is 1. The highest BCUT2D eigenvalue weighted by Gasteiger charge is 2.32. The first-order valence-electron chi connectivity index (χ1n) is 9.62. The zero-order valence-electron chi connectivity index (χ0n) is 16.6. The third kappa shape index (κ3) is 4.44. The highest BCUT2D eigenvalue weighted by Crippen LogP contribution is 2.32. The van der Waals surface area contributed by atoms with E-state index in [1.807, 2.05) is 37.3 Å². The third-order valence-corrected chi connectivity index (χ3v) is 5.09. The van der Waals surface area contributed by atoms with Crippen LogP contribution in [0.5, 0.6) is 0 Å². The number of aromatic nitrogens is 2. The van der Waals surface area contributed by atoms with Crippen molar-refractivity contribution in [2.45, 2.75) is 38.4 Å². The lowest BCUT2D eigenvalue weighted by molar-refractivity contribution is -0.157. The smallest absolute Gasteiger partial charge is 0.370 e. The summed E-state index contributed by atoms with van der Waals surface area (Å²) in [6, 6.07) is 9.29. The van der Waals surface area contributed by atoms with Gasteiger partial charge in [-0.1, -0.05) is 18.2 Å². The normalized spacial score (nSPS) is 18.9. The summed E-state index contributed by atoms with van der Waals surface area (Å²) in [7, 11) is 1.80. The van der Waals surface area contributed by atoms with Crippen LogP contribution in [-0.4, -0.2) is 45.0 Å². The van der Waals surface area contributed by atoms with Crippen molar-refractivity contribution in [1.82, 2.24) is 9.36 Å². The molecule has 8 nitrogen and oxygen atoms in total. The fourth-order valence-electron chi connectivity index (χ4n) is 3.56. The molecule has 0 spiro atoms. The van der Waals surface area contributed by atoms with E-state index in [0.717, 1.165) is 11.4 Å². The van der Waals surface area contributed by atoms with Crippen LogP contribution in [0.15, 0.2) is 47.0 Å². The highest BCUT2D eigenvalue weighted by atomic mass is 16.7. The quantitative estimate of drug-likeness (QED) is 0.656. The molecule has 2 aromatic rings. The van der Waals surface area contributed by atoms with Crippen LogP contribution in [0.3, 0.4) is 0 Å². The van der Waals surface area contributed by atoms with Crippen LogP contribution in [0.1, 0.15) is 36.4 Å². The monoisotopic (exact) mass is 402 g/mol. The molecule has 29 heavy (non-hydrogen) atoms. The molecular formula is C21H26N2O6. The summed E-state index contributed by atoms with van der Waals surface area (Å²) >= 11 is 0. The first kappa shape index (κ1) is 20.9. The van der Waals surface area contributed by atoms with Gasteiger partial charge in [-0.05, 0) is 38.0 Å². The number of nitrogens with zero attached hydrogens (tertiary/aromatic N) is 2. The summed E-state index contributed by atoms with van der Waals surface area (Å²) in [5, 5.41) is 18.3. The number of aliphatic hydroxyl groups excluding tert-OH is 1. The molecule has 0 bridgehead atoms. The number of hydrogen-bond donors (Lipinski definition) is 2. The van der Waals surface area contributed by atoms with Crippen molar-refractivity contribution in [2.24, 2.45) is 7.05 Å². The van der Waals surface area contributed by atoms with E-state index in [1.54, 1.807) is 16.4 Å². The summed E-state index contributed by atoms with van der Waals surface area (Å²) in [6.07, 6.45) is 2.29. The van der Waals surface area contributed by atoms with Gasteiger partial charge >= 0.3 is 5.97 Å². The van der Waals surface area contributed by atoms with Gasteiger partial charge in [-0.25, -0.2) is 9.48 Å². The first-order chi connectivity index (χ1) is 13.9. The Morgan fingerprint density at radius 3 is 2.66 bits per heavy atom. The maximum Gasteiger partial charge on any atom is 0.370 e. The lowest BCUT2D eigenvalue weighted by Crippen LogP contribution is -2.29. The first-order valence-corrected chi connectivity index (χ1v) is 9.62. The van der Waals surface area contributed by atoms with Gasteiger partial charge in [-0.15, -0.1) is 0 Å². The average molecular weight is 402 g/mol. The molecule has 0 radical (unpaired) electrons. The van der Waals surface area contributed by atoms with Crippen LogP contribution in [0.4, 0.5) is 0 Å². The number of benzene rings is 1. The molecule has 1 aliphatic heterocycles. The SMILES string of the molecule is Cc1c(C2C=C(C(=O)O)OC(OCCCCO)C2)c(=O)n(-c2ccccc2)n1C. The second-order valence-electron chi connectivity index (χ2n) is 7.00. The topological polar surface area (TPSA) is 103 Å². The van der Waals surface area contributed by atoms with Gasteiger partial charge in [0.2, 0.25) is 12.0 Å². The molecule has 1 aromatic carbocycles. The van der Waals surface area contributed by atoms with Crippen molar-refractivity contribution in [3.8, 4) is 5.69 Å². The van der Waals surface area contributed by atoms with Crippen molar-refractivity contribution in [1.29, 1.82) is 0 Å². The van der Waals surface area contributed by atoms with E-state index in [9.17, 15) is 14.7 Å². The maximum atomic E-state index is 13.2. The minimum atomic E-state index is -1.20. The van der Waals surface area contributed by atoms with E-state index >= 15 is 0 Å². The lowest BCUT2D eigenvalue weighted by atomic mass is 9.93. The molecule has 0 amide bonds. The van der Waals surface area contributed by atoms with Crippen molar-refractivity contribution >= 4 is 5.97 Å². The van der Waals surface area contributed by atoms with Crippen molar-refractivity contribution in [3.05, 3.63) is 63.8 Å². The Kier molecular flexibility index (Phi) is 6.56. The zero-order valence-corrected chi connectivity index (χ0v) is 16.6. The molecule has 0 saturated heterocycles. The Hall–Kier alpha value is -2.84. The maximum absolute atomic E-state index is 13.2. The molecule has 0 fully saturated rings. The molecule has 156 valence electrons. The Morgan fingerprint density at radius 2 is 2.00 bits per heavy atom. The number of carboxylic acids is 1. The second-order valence-corrected chi connectivity index (χ2v) is 7.00. The second kappa shape index (κ2) is 9.11. The zero-order chi connectivity index (χ0) is 21.0. The number of carbonyl (C=O) groups is 1. The summed E-state index contributed by atoms with van der Waals surface area (Å²) in [5.41, 5.74) is 1.83. The van der Waals surface area contributed by atoms with Crippen LogP contribution in [0, 0.1) is 6.92 Å². The Bertz CT molecular complexity index is 944. The highest BCUT2D eigenvalue weighted by molar-refractivity contribution is 5.84. The standard InChI is InChI=1S/C21H26N2O6/c1-14-19(20(25)23(22(14)2)16-8-4-3-5-9-16)15-12-17(21(26)27)29-18(13-15)28-11-7-6-10-24/h3-5,8-9,12,15,18,24H,6-7,10-11,13H2,1-2H3,(H,26,27). The predicted octanol–water partition coefficient (Wildman–Crippen LogP) is 2.07. The van der Waals surface area contributed by atoms with Gasteiger partial charge in [0.15, 0.2) is 0 Å². The number of aliphatic hydroxyl groups is 1. The molecule has 2 N–H and O–H groups in total. The number of ether oxygens (including phenoxy) is 2. The van der Waals surface area contributed by atoms with Crippen LogP contribution in [-0.2, 0) is 21.3 Å². The van der Waals surface area contributed by atoms with E-state index in [1.165, 1.54) is 6.08 Å². The van der Waals surface area contributed by atoms with Gasteiger partial charge in [0.1, 0.15) is 0 Å². The van der Waals surface area contributed by atoms with Gasteiger partial charge < -0.3 is 19.7 Å². The van der Waals surface area contributed by atoms with Gasteiger partial charge in [0.05, 0.1) is 12.3 Å². The van der Waals surface area contributed by atoms with Crippen molar-refractivity contribution in [3.63, 3.8) is 0 Å². The molecule has 1 aliphatic rings. The molecule has 2 unspecified atom stereocenters. The number of allylic oxidation sites excluding steroid dienone is 1. The number of hydrogen-bond acceptors (Lipinski definition) is 5. The fourth-order valence-corrected chi connectivity index (χ4v) is 3.56. The summed E-state index contributed by atoms with van der Waals surface area (Å²) in [4.78, 5) is 24.8. The molecule has 0 aliphatic carbocycles. The van der Waals surface area contributed by atoms with E-state index in [4.69, 9.17) is 14.6 Å². The summed E-state index contributed by atoms with van der Waals surface area (Å²) < 4.78 is 14.5. The van der Waals surface area contributed by atoms with Crippen LogP contribution >= 0.6 is 0 Å². The third-order valence-electron chi connectivity index (χ3n) is 5.09. The van der Waals surface area contributed by atoms with Crippen molar-refractivity contribution in [2.75, 3.05) is 13.2 Å².